The van der Waals surface area contributed by atoms with Crippen LogP contribution in [0.2, 0.25) is 5.67 Å². The van der Waals surface area contributed by atoms with E-state index in [4.69, 9.17) is 44.3 Å². The first-order valence-corrected chi connectivity index (χ1v) is 13.0. The molecular weight excluding hydrogens is 306 g/mol. The predicted molar refractivity (Wildman–Crippen MR) is 76.6 cm³/mol. The van der Waals surface area contributed by atoms with E-state index >= 15 is 0 Å². The van der Waals surface area contributed by atoms with Gasteiger partial charge in [0.15, 0.2) is 0 Å². The van der Waals surface area contributed by atoms with Gasteiger partial charge >= 0.3 is 0 Å². The van der Waals surface area contributed by atoms with E-state index in [2.05, 4.69) is 0 Å². The summed E-state index contributed by atoms with van der Waals surface area (Å²) in [6.45, 7) is -2.39. The molecule has 0 aromatic heterocycles. The van der Waals surface area contributed by atoms with E-state index in [1.165, 1.54) is 0 Å². The molecule has 0 N–H and O–H groups in total. The van der Waals surface area contributed by atoms with Gasteiger partial charge in [0.2, 0.25) is 7.42 Å². The second-order valence-corrected chi connectivity index (χ2v) is 15.8. The van der Waals surface area contributed by atoms with Crippen molar-refractivity contribution in [1.29, 1.82) is 0 Å². The minimum atomic E-state index is -2.39. The van der Waals surface area contributed by atoms with Crippen LogP contribution in [0.1, 0.15) is 5.56 Å². The number of hydrogen-bond donors (Lipinski definition) is 0. The lowest BCUT2D eigenvalue weighted by Gasteiger charge is -2.10. The maximum atomic E-state index is 6.16. The Kier molecular flexibility index (Phi) is 5.75. The van der Waals surface area contributed by atoms with Crippen molar-refractivity contribution in [2.45, 2.75) is 5.67 Å². The highest BCUT2D eigenvalue weighted by Gasteiger charge is 2.28. The van der Waals surface area contributed by atoms with Gasteiger partial charge in [-0.3, -0.25) is 0 Å². The molecule has 0 spiro atoms. The maximum absolute atomic E-state index is 6.16. The van der Waals surface area contributed by atoms with Crippen LogP contribution in [0.25, 0.3) is 6.08 Å². The summed E-state index contributed by atoms with van der Waals surface area (Å²) in [5.74, 6) is 0. The van der Waals surface area contributed by atoms with Crippen LogP contribution < -0.4 is 0 Å². The van der Waals surface area contributed by atoms with E-state index in [1.54, 1.807) is 0 Å². The molecule has 0 aliphatic heterocycles. The van der Waals surface area contributed by atoms with Crippen LogP contribution in [0.15, 0.2) is 36.0 Å². The van der Waals surface area contributed by atoms with Crippen molar-refractivity contribution in [3.8, 4) is 0 Å². The van der Waals surface area contributed by atoms with Gasteiger partial charge in [-0.25, -0.2) is 0 Å². The Balaban J connectivity index is 2.64. The zero-order valence-electron chi connectivity index (χ0n) is 7.84. The highest BCUT2D eigenvalue weighted by molar-refractivity contribution is 7.53. The Hall–Kier alpha value is 0.554. The second-order valence-electron chi connectivity index (χ2n) is 3.10. The van der Waals surface area contributed by atoms with E-state index < -0.39 is 14.1 Å². The smallest absolute Gasteiger partial charge is 0.151 e. The van der Waals surface area contributed by atoms with Crippen LogP contribution in [0.3, 0.4) is 0 Å². The van der Waals surface area contributed by atoms with Crippen LogP contribution in [0.5, 0.6) is 0 Å². The van der Waals surface area contributed by atoms with E-state index in [0.29, 0.717) is 5.67 Å². The van der Waals surface area contributed by atoms with E-state index in [1.807, 2.05) is 42.1 Å². The third kappa shape index (κ3) is 6.00. The first kappa shape index (κ1) is 13.6. The molecule has 0 aliphatic carbocycles. The molecule has 1 aromatic carbocycles. The van der Waals surface area contributed by atoms with Crippen molar-refractivity contribution in [3.05, 3.63) is 41.6 Å². The molecule has 0 fully saturated rings. The summed E-state index contributed by atoms with van der Waals surface area (Å²) in [5.41, 5.74) is 3.51. The van der Waals surface area contributed by atoms with Gasteiger partial charge in [0.25, 0.3) is 6.69 Å². The molecule has 15 heavy (non-hydrogen) atoms. The Morgan fingerprint density at radius 2 is 1.73 bits per heavy atom. The van der Waals surface area contributed by atoms with Crippen LogP contribution in [-0.2, 0) is 0 Å². The summed E-state index contributed by atoms with van der Waals surface area (Å²) in [6.07, 6.45) is 1.93. The second kappa shape index (κ2) is 6.33. The van der Waals surface area contributed by atoms with Gasteiger partial charge < -0.3 is 0 Å². The number of halogens is 4. The molecule has 0 radical (unpaired) electrons. The molecular formula is C9H10Cl4Si2. The fraction of sp³-hybridized carbons (Fsp3) is 0.111. The molecule has 0 atom stereocenters. The van der Waals surface area contributed by atoms with Crippen molar-refractivity contribution in [2.75, 3.05) is 0 Å². The van der Waals surface area contributed by atoms with Gasteiger partial charge in [-0.05, 0) is 11.2 Å². The van der Waals surface area contributed by atoms with E-state index in [-0.39, 0.29) is 0 Å². The summed E-state index contributed by atoms with van der Waals surface area (Å²) in [4.78, 5) is 0. The Labute approximate surface area is 111 Å². The molecule has 1 aromatic rings. The van der Waals surface area contributed by atoms with Crippen molar-refractivity contribution in [2.24, 2.45) is 0 Å². The normalized spacial score (nSPS) is 12.6. The number of rotatable bonds is 4. The van der Waals surface area contributed by atoms with Crippen LogP contribution in [0, 0.1) is 0 Å². The highest BCUT2D eigenvalue weighted by Crippen LogP contribution is 2.26. The first-order valence-electron chi connectivity index (χ1n) is 4.40. The topological polar surface area (TPSA) is 0 Å². The van der Waals surface area contributed by atoms with Crippen molar-refractivity contribution < 1.29 is 0 Å². The summed E-state index contributed by atoms with van der Waals surface area (Å²) < 4.78 is 0. The monoisotopic (exact) mass is 314 g/mol. The fourth-order valence-corrected chi connectivity index (χ4v) is 14.1. The molecule has 1 rings (SSSR count). The van der Waals surface area contributed by atoms with Crippen LogP contribution in [0.4, 0.5) is 0 Å². The molecule has 0 saturated carbocycles. The third-order valence-electron chi connectivity index (χ3n) is 1.75. The number of benzene rings is 1. The van der Waals surface area contributed by atoms with Crippen molar-refractivity contribution in [3.63, 3.8) is 0 Å². The molecule has 0 amide bonds. The molecule has 0 unspecified atom stereocenters. The lowest BCUT2D eigenvalue weighted by Crippen LogP contribution is -2.20. The molecule has 82 valence electrons. The minimum absolute atomic E-state index is 0.572. The molecule has 0 saturated heterocycles. The summed E-state index contributed by atoms with van der Waals surface area (Å²) in [5, 5.41) is 0. The van der Waals surface area contributed by atoms with Gasteiger partial charge in [-0.15, -0.1) is 22.2 Å². The van der Waals surface area contributed by atoms with E-state index in [0.717, 1.165) is 5.56 Å². The summed E-state index contributed by atoms with van der Waals surface area (Å²) in [7, 11) is -1.73. The Bertz CT molecular complexity index is 324. The summed E-state index contributed by atoms with van der Waals surface area (Å²) in [6, 6.07) is 9.87. The largest absolute Gasteiger partial charge is 0.273 e. The minimum Gasteiger partial charge on any atom is -0.151 e. The molecule has 0 bridgehead atoms. The van der Waals surface area contributed by atoms with Gasteiger partial charge in [0, 0.05) is 0 Å². The molecule has 6 heteroatoms. The first-order chi connectivity index (χ1) is 6.99. The quantitative estimate of drug-likeness (QED) is 0.571. The lowest BCUT2D eigenvalue weighted by atomic mass is 10.2. The predicted octanol–water partition coefficient (Wildman–Crippen LogP) is 4.40. The molecule has 0 heterocycles. The zero-order valence-corrected chi connectivity index (χ0v) is 13.0. The van der Waals surface area contributed by atoms with Crippen molar-refractivity contribution in [1.82, 2.24) is 0 Å². The average Bonchev–Trinajstić information content (AvgIpc) is 2.15. The lowest BCUT2D eigenvalue weighted by molar-refractivity contribution is 1.66. The highest BCUT2D eigenvalue weighted by atomic mass is 35.7. The fourth-order valence-electron chi connectivity index (χ4n) is 1.06. The van der Waals surface area contributed by atoms with Crippen LogP contribution >= 0.6 is 44.3 Å². The zero-order chi connectivity index (χ0) is 11.3. The summed E-state index contributed by atoms with van der Waals surface area (Å²) >= 11 is 23.9. The SMILES string of the molecule is Cl[SiH](Cl)C[Si](Cl)(Cl)C=Cc1ccccc1. The molecule has 0 nitrogen and oxygen atoms in total. The van der Waals surface area contributed by atoms with Crippen molar-refractivity contribution >= 4 is 64.5 Å². The average molecular weight is 316 g/mol. The van der Waals surface area contributed by atoms with Gasteiger partial charge in [-0.2, -0.15) is 22.2 Å². The van der Waals surface area contributed by atoms with Gasteiger partial charge in [-0.1, -0.05) is 42.1 Å². The maximum Gasteiger partial charge on any atom is 0.273 e. The Morgan fingerprint density at radius 1 is 1.13 bits per heavy atom. The van der Waals surface area contributed by atoms with Crippen LogP contribution in [-0.4, -0.2) is 14.1 Å². The van der Waals surface area contributed by atoms with Gasteiger partial charge in [0.05, 0.1) is 0 Å². The Morgan fingerprint density at radius 3 is 2.27 bits per heavy atom. The van der Waals surface area contributed by atoms with E-state index in [9.17, 15) is 0 Å². The third-order valence-corrected chi connectivity index (χ3v) is 12.1. The molecule has 0 aliphatic rings. The number of hydrogen-bond acceptors (Lipinski definition) is 0. The van der Waals surface area contributed by atoms with Gasteiger partial charge in [0.1, 0.15) is 0 Å². The standard InChI is InChI=1S/C9H10Cl4Si2/c10-14(11)8-15(12,13)7-6-9-4-2-1-3-5-9/h1-7,14H,8H2.